The van der Waals surface area contributed by atoms with E-state index in [0.717, 1.165) is 12.5 Å². The smallest absolute Gasteiger partial charge is 0.242 e. The zero-order valence-electron chi connectivity index (χ0n) is 8.23. The molecule has 1 N–H and O–H groups in total. The van der Waals surface area contributed by atoms with E-state index in [9.17, 15) is 4.79 Å². The van der Waals surface area contributed by atoms with Crippen LogP contribution in [-0.2, 0) is 7.05 Å². The quantitative estimate of drug-likeness (QED) is 0.705. The van der Waals surface area contributed by atoms with Gasteiger partial charge >= 0.3 is 0 Å². The van der Waals surface area contributed by atoms with E-state index in [1.807, 2.05) is 0 Å². The Morgan fingerprint density at radius 1 is 1.64 bits per heavy atom. The number of rotatable bonds is 5. The standard InChI is InChI=1S/C9H14N4O/c1-13-8(6-14)11-9(12-13)10-5-4-7-2-3-7/h6-7H,2-5H2,1H3,(H,10,12). The van der Waals surface area contributed by atoms with E-state index < -0.39 is 0 Å². The molecule has 0 atom stereocenters. The van der Waals surface area contributed by atoms with Crippen LogP contribution in [0.25, 0.3) is 0 Å². The van der Waals surface area contributed by atoms with Crippen LogP contribution in [0.2, 0.25) is 0 Å². The molecule has 1 fully saturated rings. The number of hydrogen-bond acceptors (Lipinski definition) is 4. The predicted molar refractivity (Wildman–Crippen MR) is 52.2 cm³/mol. The number of anilines is 1. The normalized spacial score (nSPS) is 15.5. The van der Waals surface area contributed by atoms with Crippen molar-refractivity contribution in [3.8, 4) is 0 Å². The Balaban J connectivity index is 1.84. The SMILES string of the molecule is Cn1nc(NCCC2CC2)nc1C=O. The molecule has 5 nitrogen and oxygen atoms in total. The van der Waals surface area contributed by atoms with Gasteiger partial charge in [0.25, 0.3) is 0 Å². The van der Waals surface area contributed by atoms with E-state index in [4.69, 9.17) is 0 Å². The lowest BCUT2D eigenvalue weighted by molar-refractivity contribution is 0.111. The van der Waals surface area contributed by atoms with E-state index in [1.165, 1.54) is 23.9 Å². The molecule has 1 aliphatic carbocycles. The molecule has 0 radical (unpaired) electrons. The maximum atomic E-state index is 10.5. The molecule has 0 amide bonds. The zero-order valence-corrected chi connectivity index (χ0v) is 8.23. The second-order valence-electron chi connectivity index (χ2n) is 3.69. The summed E-state index contributed by atoms with van der Waals surface area (Å²) in [6.07, 6.45) is 4.60. The molecule has 0 aromatic carbocycles. The fourth-order valence-electron chi connectivity index (χ4n) is 1.37. The van der Waals surface area contributed by atoms with Crippen LogP contribution in [0.3, 0.4) is 0 Å². The zero-order chi connectivity index (χ0) is 9.97. The van der Waals surface area contributed by atoms with Crippen LogP contribution in [0.4, 0.5) is 5.95 Å². The first-order valence-corrected chi connectivity index (χ1v) is 4.89. The highest BCUT2D eigenvalue weighted by molar-refractivity contribution is 5.69. The Morgan fingerprint density at radius 2 is 2.43 bits per heavy atom. The maximum absolute atomic E-state index is 10.5. The molecule has 1 aromatic rings. The van der Waals surface area contributed by atoms with Gasteiger partial charge in [-0.25, -0.2) is 4.68 Å². The third-order valence-corrected chi connectivity index (χ3v) is 2.43. The van der Waals surface area contributed by atoms with Crippen LogP contribution in [0, 0.1) is 5.92 Å². The molecule has 1 heterocycles. The predicted octanol–water partition coefficient (Wildman–Crippen LogP) is 0.840. The number of aryl methyl sites for hydroxylation is 1. The molecule has 0 unspecified atom stereocenters. The summed E-state index contributed by atoms with van der Waals surface area (Å²) in [6.45, 7) is 0.896. The van der Waals surface area contributed by atoms with E-state index in [1.54, 1.807) is 7.05 Å². The molecule has 0 saturated heterocycles. The summed E-state index contributed by atoms with van der Waals surface area (Å²) in [5, 5.41) is 7.17. The van der Waals surface area contributed by atoms with Gasteiger partial charge in [-0.3, -0.25) is 4.79 Å². The number of hydrogen-bond donors (Lipinski definition) is 1. The van der Waals surface area contributed by atoms with E-state index in [0.29, 0.717) is 18.1 Å². The highest BCUT2D eigenvalue weighted by Gasteiger charge is 2.20. The fourth-order valence-corrected chi connectivity index (χ4v) is 1.37. The van der Waals surface area contributed by atoms with Crippen LogP contribution < -0.4 is 5.32 Å². The Hall–Kier alpha value is -1.39. The van der Waals surface area contributed by atoms with Gasteiger partial charge in [-0.2, -0.15) is 4.98 Å². The molecule has 1 aromatic heterocycles. The highest BCUT2D eigenvalue weighted by Crippen LogP contribution is 2.31. The Kier molecular flexibility index (Phi) is 2.47. The van der Waals surface area contributed by atoms with Gasteiger partial charge in [0.1, 0.15) is 0 Å². The molecule has 0 bridgehead atoms. The molecule has 76 valence electrons. The minimum absolute atomic E-state index is 0.360. The lowest BCUT2D eigenvalue weighted by Gasteiger charge is -1.98. The summed E-state index contributed by atoms with van der Waals surface area (Å²) in [4.78, 5) is 14.5. The van der Waals surface area contributed by atoms with Crippen molar-refractivity contribution in [3.05, 3.63) is 5.82 Å². The number of carbonyl (C=O) groups is 1. The van der Waals surface area contributed by atoms with Crippen molar-refractivity contribution in [2.45, 2.75) is 19.3 Å². The first-order chi connectivity index (χ1) is 6.79. The van der Waals surface area contributed by atoms with Gasteiger partial charge in [0.05, 0.1) is 0 Å². The monoisotopic (exact) mass is 194 g/mol. The van der Waals surface area contributed by atoms with Crippen molar-refractivity contribution in [2.75, 3.05) is 11.9 Å². The van der Waals surface area contributed by atoms with Gasteiger partial charge < -0.3 is 5.32 Å². The number of nitrogens with one attached hydrogen (secondary N) is 1. The van der Waals surface area contributed by atoms with Crippen molar-refractivity contribution in [3.63, 3.8) is 0 Å². The lowest BCUT2D eigenvalue weighted by Crippen LogP contribution is -2.04. The molecule has 0 aliphatic heterocycles. The summed E-state index contributed by atoms with van der Waals surface area (Å²) in [6, 6.07) is 0. The van der Waals surface area contributed by atoms with E-state index in [2.05, 4.69) is 15.4 Å². The minimum Gasteiger partial charge on any atom is -0.353 e. The first-order valence-electron chi connectivity index (χ1n) is 4.89. The maximum Gasteiger partial charge on any atom is 0.242 e. The van der Waals surface area contributed by atoms with E-state index >= 15 is 0 Å². The van der Waals surface area contributed by atoms with Gasteiger partial charge in [-0.15, -0.1) is 5.10 Å². The molecule has 1 saturated carbocycles. The van der Waals surface area contributed by atoms with Crippen molar-refractivity contribution in [1.82, 2.24) is 14.8 Å². The highest BCUT2D eigenvalue weighted by atomic mass is 16.1. The van der Waals surface area contributed by atoms with E-state index in [-0.39, 0.29) is 0 Å². The molecular formula is C9H14N4O. The molecule has 1 aliphatic rings. The molecule has 0 spiro atoms. The van der Waals surface area contributed by atoms with Crippen LogP contribution >= 0.6 is 0 Å². The topological polar surface area (TPSA) is 59.8 Å². The Morgan fingerprint density at radius 3 is 3.00 bits per heavy atom. The summed E-state index contributed by atoms with van der Waals surface area (Å²) in [7, 11) is 1.71. The Bertz CT molecular complexity index is 330. The van der Waals surface area contributed by atoms with Crippen LogP contribution in [0.1, 0.15) is 29.9 Å². The van der Waals surface area contributed by atoms with Gasteiger partial charge in [0.15, 0.2) is 12.1 Å². The minimum atomic E-state index is 0.360. The largest absolute Gasteiger partial charge is 0.353 e. The van der Waals surface area contributed by atoms with Crippen molar-refractivity contribution >= 4 is 12.2 Å². The summed E-state index contributed by atoms with van der Waals surface area (Å²) < 4.78 is 1.48. The average molecular weight is 194 g/mol. The summed E-state index contributed by atoms with van der Waals surface area (Å²) in [5.74, 6) is 1.81. The lowest BCUT2D eigenvalue weighted by atomic mass is 10.3. The molecular weight excluding hydrogens is 180 g/mol. The second kappa shape index (κ2) is 3.77. The van der Waals surface area contributed by atoms with Crippen LogP contribution in [-0.4, -0.2) is 27.6 Å². The number of aldehydes is 1. The van der Waals surface area contributed by atoms with Crippen LogP contribution in [0.5, 0.6) is 0 Å². The average Bonchev–Trinajstić information content (AvgIpc) is 2.91. The summed E-state index contributed by atoms with van der Waals surface area (Å²) in [5.41, 5.74) is 0. The third-order valence-electron chi connectivity index (χ3n) is 2.43. The molecule has 14 heavy (non-hydrogen) atoms. The fraction of sp³-hybridized carbons (Fsp3) is 0.667. The third kappa shape index (κ3) is 2.10. The molecule has 5 heteroatoms. The number of nitrogens with zero attached hydrogens (tertiary/aromatic N) is 3. The van der Waals surface area contributed by atoms with Crippen molar-refractivity contribution in [2.24, 2.45) is 13.0 Å². The van der Waals surface area contributed by atoms with Gasteiger partial charge in [0.2, 0.25) is 5.95 Å². The Labute approximate surface area is 82.5 Å². The summed E-state index contributed by atoms with van der Waals surface area (Å²) >= 11 is 0. The van der Waals surface area contributed by atoms with Gasteiger partial charge in [-0.05, 0) is 12.3 Å². The number of carbonyl (C=O) groups excluding carboxylic acids is 1. The van der Waals surface area contributed by atoms with Gasteiger partial charge in [0, 0.05) is 13.6 Å². The van der Waals surface area contributed by atoms with Crippen LogP contribution in [0.15, 0.2) is 0 Å². The number of aromatic nitrogens is 3. The van der Waals surface area contributed by atoms with Crippen molar-refractivity contribution in [1.29, 1.82) is 0 Å². The molecule has 2 rings (SSSR count). The van der Waals surface area contributed by atoms with Gasteiger partial charge in [-0.1, -0.05) is 12.8 Å². The van der Waals surface area contributed by atoms with Crippen molar-refractivity contribution < 1.29 is 4.79 Å². The first kappa shape index (κ1) is 9.18. The second-order valence-corrected chi connectivity index (χ2v) is 3.69.